The zero-order valence-corrected chi connectivity index (χ0v) is 18.5. The molecule has 0 atom stereocenters. The largest absolute Gasteiger partial charge is 0.490 e. The van der Waals surface area contributed by atoms with Crippen LogP contribution in [-0.4, -0.2) is 27.3 Å². The van der Waals surface area contributed by atoms with Crippen molar-refractivity contribution >= 4 is 27.5 Å². The standard InChI is InChI=1S/C23H24N4O3S/c1-4-12-29-18-9-5-6-10-19(18)30-22-16(8-7-11-24-22)14-25-21(28)20-13-17-15(2)26-27(3)23(17)31-20/h5-11,13H,4,12,14H2,1-3H3,(H,25,28). The molecule has 1 N–H and O–H groups in total. The van der Waals surface area contributed by atoms with E-state index in [9.17, 15) is 4.79 Å². The summed E-state index contributed by atoms with van der Waals surface area (Å²) in [4.78, 5) is 18.7. The first kappa shape index (κ1) is 20.9. The van der Waals surface area contributed by atoms with E-state index in [0.29, 0.717) is 35.4 Å². The second-order valence-corrected chi connectivity index (χ2v) is 8.12. The zero-order valence-electron chi connectivity index (χ0n) is 17.7. The fourth-order valence-electron chi connectivity index (χ4n) is 3.20. The summed E-state index contributed by atoms with van der Waals surface area (Å²) >= 11 is 1.43. The topological polar surface area (TPSA) is 78.3 Å². The fourth-order valence-corrected chi connectivity index (χ4v) is 4.24. The Bertz CT molecular complexity index is 1180. The van der Waals surface area contributed by atoms with E-state index >= 15 is 0 Å². The van der Waals surface area contributed by atoms with Crippen LogP contribution in [0.5, 0.6) is 17.4 Å². The monoisotopic (exact) mass is 436 g/mol. The molecule has 31 heavy (non-hydrogen) atoms. The molecule has 0 saturated heterocycles. The van der Waals surface area contributed by atoms with Gasteiger partial charge in [-0.1, -0.05) is 25.1 Å². The van der Waals surface area contributed by atoms with Crippen LogP contribution in [0.1, 0.15) is 34.3 Å². The minimum absolute atomic E-state index is 0.137. The van der Waals surface area contributed by atoms with Gasteiger partial charge in [-0.3, -0.25) is 9.48 Å². The van der Waals surface area contributed by atoms with Crippen LogP contribution in [0.25, 0.3) is 10.2 Å². The lowest BCUT2D eigenvalue weighted by Crippen LogP contribution is -2.22. The predicted molar refractivity (Wildman–Crippen MR) is 121 cm³/mol. The number of amides is 1. The fraction of sp³-hybridized carbons (Fsp3) is 0.261. The highest BCUT2D eigenvalue weighted by molar-refractivity contribution is 7.20. The van der Waals surface area contributed by atoms with Crippen molar-refractivity contribution < 1.29 is 14.3 Å². The number of hydrogen-bond acceptors (Lipinski definition) is 6. The number of hydrogen-bond donors (Lipinski definition) is 1. The van der Waals surface area contributed by atoms with E-state index in [1.54, 1.807) is 10.9 Å². The maximum absolute atomic E-state index is 12.7. The minimum Gasteiger partial charge on any atom is -0.490 e. The van der Waals surface area contributed by atoms with E-state index in [1.165, 1.54) is 11.3 Å². The van der Waals surface area contributed by atoms with E-state index in [4.69, 9.17) is 9.47 Å². The van der Waals surface area contributed by atoms with Crippen LogP contribution in [0.3, 0.4) is 0 Å². The van der Waals surface area contributed by atoms with Gasteiger partial charge in [0.05, 0.1) is 17.2 Å². The molecule has 1 amide bonds. The SMILES string of the molecule is CCCOc1ccccc1Oc1ncccc1CNC(=O)c1cc2c(C)nn(C)c2s1. The van der Waals surface area contributed by atoms with Crippen LogP contribution in [0.2, 0.25) is 0 Å². The van der Waals surface area contributed by atoms with Gasteiger partial charge in [-0.05, 0) is 37.6 Å². The van der Waals surface area contributed by atoms with Crippen molar-refractivity contribution in [2.45, 2.75) is 26.8 Å². The Labute approximate surface area is 184 Å². The lowest BCUT2D eigenvalue weighted by Gasteiger charge is -2.14. The number of para-hydroxylation sites is 2. The molecule has 160 valence electrons. The number of rotatable bonds is 8. The molecule has 4 aromatic rings. The number of aromatic nitrogens is 3. The number of nitrogens with one attached hydrogen (secondary N) is 1. The number of thiophene rings is 1. The van der Waals surface area contributed by atoms with Gasteiger partial charge in [0.25, 0.3) is 5.91 Å². The minimum atomic E-state index is -0.137. The van der Waals surface area contributed by atoms with Gasteiger partial charge < -0.3 is 14.8 Å². The number of benzene rings is 1. The summed E-state index contributed by atoms with van der Waals surface area (Å²) in [6.45, 7) is 4.90. The van der Waals surface area contributed by atoms with Gasteiger partial charge in [-0.15, -0.1) is 11.3 Å². The van der Waals surface area contributed by atoms with Crippen LogP contribution < -0.4 is 14.8 Å². The molecule has 0 unspecified atom stereocenters. The van der Waals surface area contributed by atoms with E-state index < -0.39 is 0 Å². The summed E-state index contributed by atoms with van der Waals surface area (Å²) in [5, 5.41) is 8.36. The van der Waals surface area contributed by atoms with E-state index in [-0.39, 0.29) is 5.91 Å². The van der Waals surface area contributed by atoms with Crippen LogP contribution in [0.15, 0.2) is 48.7 Å². The molecule has 8 heteroatoms. The Hall–Kier alpha value is -3.39. The second kappa shape index (κ2) is 9.18. The van der Waals surface area contributed by atoms with Crippen LogP contribution in [-0.2, 0) is 13.6 Å². The number of nitrogens with zero attached hydrogens (tertiary/aromatic N) is 3. The molecule has 0 spiro atoms. The average Bonchev–Trinajstić information content (AvgIpc) is 3.33. The lowest BCUT2D eigenvalue weighted by molar-refractivity contribution is 0.0955. The molecule has 1 aromatic carbocycles. The van der Waals surface area contributed by atoms with Crippen LogP contribution in [0.4, 0.5) is 0 Å². The molecular weight excluding hydrogens is 412 g/mol. The Morgan fingerprint density at radius 2 is 2.00 bits per heavy atom. The number of aryl methyl sites for hydroxylation is 2. The molecule has 0 radical (unpaired) electrons. The Morgan fingerprint density at radius 3 is 2.77 bits per heavy atom. The summed E-state index contributed by atoms with van der Waals surface area (Å²) in [6, 6.07) is 13.1. The van der Waals surface area contributed by atoms with E-state index in [2.05, 4.69) is 22.3 Å². The van der Waals surface area contributed by atoms with Gasteiger partial charge in [-0.2, -0.15) is 5.10 Å². The van der Waals surface area contributed by atoms with Crippen LogP contribution in [0, 0.1) is 6.92 Å². The first-order chi connectivity index (χ1) is 15.1. The molecule has 0 saturated carbocycles. The molecule has 0 aliphatic heterocycles. The maximum atomic E-state index is 12.7. The van der Waals surface area contributed by atoms with Crippen molar-refractivity contribution in [1.29, 1.82) is 0 Å². The molecule has 3 heterocycles. The second-order valence-electron chi connectivity index (χ2n) is 7.09. The van der Waals surface area contributed by atoms with Gasteiger partial charge in [0.1, 0.15) is 4.83 Å². The van der Waals surface area contributed by atoms with Gasteiger partial charge in [0, 0.05) is 30.7 Å². The number of pyridine rings is 1. The molecular formula is C23H24N4O3S. The highest BCUT2D eigenvalue weighted by atomic mass is 32.1. The third-order valence-electron chi connectivity index (χ3n) is 4.73. The van der Waals surface area contributed by atoms with Crippen molar-refractivity contribution in [2.75, 3.05) is 6.61 Å². The molecule has 0 aliphatic rings. The van der Waals surface area contributed by atoms with Gasteiger partial charge in [-0.25, -0.2) is 4.98 Å². The van der Waals surface area contributed by atoms with E-state index in [0.717, 1.165) is 27.9 Å². The summed E-state index contributed by atoms with van der Waals surface area (Å²) in [6.07, 6.45) is 2.57. The molecule has 3 aromatic heterocycles. The van der Waals surface area contributed by atoms with Crippen molar-refractivity contribution in [3.05, 3.63) is 64.8 Å². The third-order valence-corrected chi connectivity index (χ3v) is 5.93. The smallest absolute Gasteiger partial charge is 0.261 e. The highest BCUT2D eigenvalue weighted by Crippen LogP contribution is 2.32. The first-order valence-electron chi connectivity index (χ1n) is 10.1. The number of carbonyl (C=O) groups is 1. The van der Waals surface area contributed by atoms with Gasteiger partial charge in [0.2, 0.25) is 5.88 Å². The normalized spacial score (nSPS) is 10.9. The lowest BCUT2D eigenvalue weighted by atomic mass is 10.2. The zero-order chi connectivity index (χ0) is 21.8. The highest BCUT2D eigenvalue weighted by Gasteiger charge is 2.16. The summed E-state index contributed by atoms with van der Waals surface area (Å²) < 4.78 is 13.6. The third kappa shape index (κ3) is 4.54. The van der Waals surface area contributed by atoms with Crippen molar-refractivity contribution in [2.24, 2.45) is 7.05 Å². The number of carbonyl (C=O) groups excluding carboxylic acids is 1. The molecule has 0 fully saturated rings. The Balaban J connectivity index is 1.49. The van der Waals surface area contributed by atoms with Gasteiger partial charge >= 0.3 is 0 Å². The van der Waals surface area contributed by atoms with Crippen molar-refractivity contribution in [3.63, 3.8) is 0 Å². The Morgan fingerprint density at radius 1 is 1.19 bits per heavy atom. The first-order valence-corrected chi connectivity index (χ1v) is 10.9. The van der Waals surface area contributed by atoms with E-state index in [1.807, 2.05) is 56.4 Å². The average molecular weight is 437 g/mol. The predicted octanol–water partition coefficient (Wildman–Crippen LogP) is 4.85. The molecule has 7 nitrogen and oxygen atoms in total. The van der Waals surface area contributed by atoms with Crippen LogP contribution >= 0.6 is 11.3 Å². The molecule has 0 aliphatic carbocycles. The summed E-state index contributed by atoms with van der Waals surface area (Å²) in [7, 11) is 1.88. The molecule has 4 rings (SSSR count). The number of fused-ring (bicyclic) bond motifs is 1. The summed E-state index contributed by atoms with van der Waals surface area (Å²) in [5.41, 5.74) is 1.69. The van der Waals surface area contributed by atoms with Crippen molar-refractivity contribution in [3.8, 4) is 17.4 Å². The quantitative estimate of drug-likeness (QED) is 0.427. The molecule has 0 bridgehead atoms. The Kier molecular flexibility index (Phi) is 6.18. The summed E-state index contributed by atoms with van der Waals surface area (Å²) in [5.74, 6) is 1.56. The number of ether oxygens (including phenoxy) is 2. The van der Waals surface area contributed by atoms with Gasteiger partial charge in [0.15, 0.2) is 11.5 Å². The van der Waals surface area contributed by atoms with Crippen molar-refractivity contribution in [1.82, 2.24) is 20.1 Å². The maximum Gasteiger partial charge on any atom is 0.261 e.